The van der Waals surface area contributed by atoms with Gasteiger partial charge in [0.2, 0.25) is 0 Å². The number of halogens is 1. The first-order chi connectivity index (χ1) is 11.2. The van der Waals surface area contributed by atoms with E-state index < -0.39 is 0 Å². The summed E-state index contributed by atoms with van der Waals surface area (Å²) in [6.45, 7) is 0.165. The van der Waals surface area contributed by atoms with Crippen molar-refractivity contribution in [2.45, 2.75) is 0 Å². The highest BCUT2D eigenvalue weighted by molar-refractivity contribution is 14.1. The topological polar surface area (TPSA) is 42.2 Å². The van der Waals surface area contributed by atoms with Crippen molar-refractivity contribution < 1.29 is 9.47 Å². The average molecular weight is 415 g/mol. The van der Waals surface area contributed by atoms with Crippen LogP contribution < -0.4 is 9.47 Å². The third-order valence-corrected chi connectivity index (χ3v) is 3.82. The second-order valence-electron chi connectivity index (χ2n) is 4.57. The molecule has 4 heteroatoms. The molecule has 2 rings (SSSR count). The van der Waals surface area contributed by atoms with Crippen LogP contribution in [-0.4, -0.2) is 13.7 Å². The molecule has 0 heterocycles. The van der Waals surface area contributed by atoms with Crippen LogP contribution in [-0.2, 0) is 0 Å². The number of rotatable bonds is 5. The van der Waals surface area contributed by atoms with Crippen LogP contribution in [0.4, 0.5) is 0 Å². The molecule has 0 aliphatic heterocycles. The summed E-state index contributed by atoms with van der Waals surface area (Å²) in [6.07, 6.45) is 7.02. The zero-order chi connectivity index (χ0) is 16.7. The summed E-state index contributed by atoms with van der Waals surface area (Å²) in [5, 5.41) is 9.48. The number of methoxy groups -OCH3 is 1. The van der Waals surface area contributed by atoms with Crippen LogP contribution in [0.15, 0.2) is 42.5 Å². The molecule has 0 aliphatic rings. The number of hydrogen-bond acceptors (Lipinski definition) is 3. The van der Waals surface area contributed by atoms with Gasteiger partial charge in [-0.2, -0.15) is 5.26 Å². The summed E-state index contributed by atoms with van der Waals surface area (Å²) in [6, 6.07) is 15.4. The fraction of sp³-hybridized carbons (Fsp3) is 0.105. The van der Waals surface area contributed by atoms with Gasteiger partial charge in [0.1, 0.15) is 18.1 Å². The SMILES string of the molecule is C#CCOc1ccc(OC)cc1/C=C(/C#N)c1ccc(I)cc1. The van der Waals surface area contributed by atoms with E-state index in [-0.39, 0.29) is 6.61 Å². The molecular weight excluding hydrogens is 401 g/mol. The van der Waals surface area contributed by atoms with Crippen LogP contribution in [0, 0.1) is 27.2 Å². The minimum atomic E-state index is 0.165. The van der Waals surface area contributed by atoms with Gasteiger partial charge < -0.3 is 9.47 Å². The Balaban J connectivity index is 2.47. The summed E-state index contributed by atoms with van der Waals surface area (Å²) in [5.74, 6) is 3.73. The fourth-order valence-electron chi connectivity index (χ4n) is 1.98. The number of allylic oxidation sites excluding steroid dienone is 1. The highest BCUT2D eigenvalue weighted by atomic mass is 127. The van der Waals surface area contributed by atoms with Crippen LogP contribution >= 0.6 is 22.6 Å². The van der Waals surface area contributed by atoms with Crippen molar-refractivity contribution >= 4 is 34.2 Å². The van der Waals surface area contributed by atoms with Crippen molar-refractivity contribution in [3.63, 3.8) is 0 Å². The first-order valence-corrected chi connectivity index (χ1v) is 7.88. The van der Waals surface area contributed by atoms with Crippen molar-refractivity contribution in [2.75, 3.05) is 13.7 Å². The maximum atomic E-state index is 9.48. The zero-order valence-electron chi connectivity index (χ0n) is 12.5. The van der Waals surface area contributed by atoms with E-state index in [0.717, 1.165) is 14.7 Å². The van der Waals surface area contributed by atoms with Crippen LogP contribution in [0.1, 0.15) is 11.1 Å². The molecule has 0 spiro atoms. The minimum absolute atomic E-state index is 0.165. The molecule has 0 aliphatic carbocycles. The number of nitrogens with zero attached hydrogens (tertiary/aromatic N) is 1. The molecule has 114 valence electrons. The molecule has 0 saturated heterocycles. The van der Waals surface area contributed by atoms with E-state index in [2.05, 4.69) is 34.6 Å². The highest BCUT2D eigenvalue weighted by Crippen LogP contribution is 2.28. The standard InChI is InChI=1S/C19H14INO2/c1-3-10-23-19-9-8-18(22-2)12-15(19)11-16(13-21)14-4-6-17(20)7-5-14/h1,4-9,11-12H,10H2,2H3/b16-11-. The molecule has 3 nitrogen and oxygen atoms in total. The maximum Gasteiger partial charge on any atom is 0.148 e. The summed E-state index contributed by atoms with van der Waals surface area (Å²) in [5.41, 5.74) is 2.13. The maximum absolute atomic E-state index is 9.48. The Labute approximate surface area is 149 Å². The smallest absolute Gasteiger partial charge is 0.148 e. The molecule has 2 aromatic rings. The third kappa shape index (κ3) is 4.51. The van der Waals surface area contributed by atoms with E-state index in [0.29, 0.717) is 17.1 Å². The molecule has 0 N–H and O–H groups in total. The van der Waals surface area contributed by atoms with E-state index in [4.69, 9.17) is 15.9 Å². The number of ether oxygens (including phenoxy) is 2. The van der Waals surface area contributed by atoms with Crippen LogP contribution in [0.2, 0.25) is 0 Å². The van der Waals surface area contributed by atoms with Crippen LogP contribution in [0.3, 0.4) is 0 Å². The van der Waals surface area contributed by atoms with Crippen LogP contribution in [0.5, 0.6) is 11.5 Å². The number of nitriles is 1. The molecule has 0 amide bonds. The van der Waals surface area contributed by atoms with E-state index in [1.807, 2.05) is 30.3 Å². The molecule has 0 atom stereocenters. The lowest BCUT2D eigenvalue weighted by atomic mass is 10.0. The summed E-state index contributed by atoms with van der Waals surface area (Å²) in [4.78, 5) is 0. The number of terminal acetylenes is 1. The fourth-order valence-corrected chi connectivity index (χ4v) is 2.34. The van der Waals surface area contributed by atoms with Gasteiger partial charge in [-0.05, 0) is 64.6 Å². The van der Waals surface area contributed by atoms with Gasteiger partial charge in [0.05, 0.1) is 18.8 Å². The van der Waals surface area contributed by atoms with E-state index in [1.54, 1.807) is 25.3 Å². The lowest BCUT2D eigenvalue weighted by Gasteiger charge is -2.09. The molecular formula is C19H14INO2. The molecule has 0 aromatic heterocycles. The largest absolute Gasteiger partial charge is 0.497 e. The monoisotopic (exact) mass is 415 g/mol. The lowest BCUT2D eigenvalue weighted by molar-refractivity contribution is 0.367. The van der Waals surface area contributed by atoms with Gasteiger partial charge in [0.15, 0.2) is 0 Å². The van der Waals surface area contributed by atoms with Gasteiger partial charge >= 0.3 is 0 Å². The first-order valence-electron chi connectivity index (χ1n) is 6.80. The zero-order valence-corrected chi connectivity index (χ0v) is 14.7. The summed E-state index contributed by atoms with van der Waals surface area (Å²) < 4.78 is 11.9. The Hall–Kier alpha value is -2.44. The molecule has 0 fully saturated rings. The third-order valence-electron chi connectivity index (χ3n) is 3.10. The lowest BCUT2D eigenvalue weighted by Crippen LogP contribution is -1.96. The Morgan fingerprint density at radius 3 is 2.61 bits per heavy atom. The second kappa shape index (κ2) is 8.26. The normalized spacial score (nSPS) is 10.5. The Bertz CT molecular complexity index is 796. The van der Waals surface area contributed by atoms with Crippen molar-refractivity contribution in [3.05, 3.63) is 57.2 Å². The molecule has 0 unspecified atom stereocenters. The Kier molecular flexibility index (Phi) is 6.08. The second-order valence-corrected chi connectivity index (χ2v) is 5.82. The van der Waals surface area contributed by atoms with Crippen molar-refractivity contribution in [2.24, 2.45) is 0 Å². The Morgan fingerprint density at radius 2 is 2.00 bits per heavy atom. The number of hydrogen-bond donors (Lipinski definition) is 0. The van der Waals surface area contributed by atoms with Crippen molar-refractivity contribution in [1.29, 1.82) is 5.26 Å². The van der Waals surface area contributed by atoms with Gasteiger partial charge in [-0.15, -0.1) is 6.42 Å². The highest BCUT2D eigenvalue weighted by Gasteiger charge is 2.07. The minimum Gasteiger partial charge on any atom is -0.497 e. The number of benzene rings is 2. The molecule has 0 saturated carbocycles. The average Bonchev–Trinajstić information content (AvgIpc) is 2.59. The molecule has 2 aromatic carbocycles. The van der Waals surface area contributed by atoms with Crippen molar-refractivity contribution in [1.82, 2.24) is 0 Å². The van der Waals surface area contributed by atoms with E-state index in [9.17, 15) is 5.26 Å². The van der Waals surface area contributed by atoms with Crippen molar-refractivity contribution in [3.8, 4) is 29.9 Å². The van der Waals surface area contributed by atoms with Crippen LogP contribution in [0.25, 0.3) is 11.6 Å². The predicted molar refractivity (Wildman–Crippen MR) is 100.0 cm³/mol. The van der Waals surface area contributed by atoms with E-state index in [1.165, 1.54) is 0 Å². The van der Waals surface area contributed by atoms with Gasteiger partial charge in [-0.3, -0.25) is 0 Å². The molecule has 0 radical (unpaired) electrons. The van der Waals surface area contributed by atoms with Gasteiger partial charge in [-0.1, -0.05) is 18.1 Å². The van der Waals surface area contributed by atoms with E-state index >= 15 is 0 Å². The molecule has 23 heavy (non-hydrogen) atoms. The van der Waals surface area contributed by atoms with Gasteiger partial charge in [0.25, 0.3) is 0 Å². The first kappa shape index (κ1) is 16.9. The van der Waals surface area contributed by atoms with Gasteiger partial charge in [-0.25, -0.2) is 0 Å². The summed E-state index contributed by atoms with van der Waals surface area (Å²) >= 11 is 2.23. The predicted octanol–water partition coefficient (Wildman–Crippen LogP) is 4.38. The quantitative estimate of drug-likeness (QED) is 0.315. The molecule has 0 bridgehead atoms. The Morgan fingerprint density at radius 1 is 1.26 bits per heavy atom. The summed E-state index contributed by atoms with van der Waals surface area (Å²) in [7, 11) is 1.59. The van der Waals surface area contributed by atoms with Gasteiger partial charge in [0, 0.05) is 9.13 Å².